The molecule has 2 aromatic rings. The number of hydrogen-bond acceptors (Lipinski definition) is 4. The van der Waals surface area contributed by atoms with E-state index >= 15 is 0 Å². The summed E-state index contributed by atoms with van der Waals surface area (Å²) in [6, 6.07) is 9.94. The number of piperidine rings is 1. The quantitative estimate of drug-likeness (QED) is 0.915. The summed E-state index contributed by atoms with van der Waals surface area (Å²) >= 11 is 1.43. The molecule has 2 amide bonds. The zero-order valence-electron chi connectivity index (χ0n) is 12.2. The van der Waals surface area contributed by atoms with Crippen molar-refractivity contribution in [2.75, 3.05) is 18.4 Å². The van der Waals surface area contributed by atoms with Crippen LogP contribution < -0.4 is 5.32 Å². The van der Waals surface area contributed by atoms with E-state index in [0.29, 0.717) is 18.2 Å². The molecule has 0 unspecified atom stereocenters. The maximum Gasteiger partial charge on any atom is 0.323 e. The molecular formula is C16H19N3O2S. The Hall–Kier alpha value is -1.92. The summed E-state index contributed by atoms with van der Waals surface area (Å²) in [5.41, 5.74) is 2.15. The number of carbonyl (C=O) groups is 1. The molecule has 1 aromatic carbocycles. The van der Waals surface area contributed by atoms with E-state index in [1.54, 1.807) is 4.90 Å². The van der Waals surface area contributed by atoms with Gasteiger partial charge in [0, 0.05) is 24.9 Å². The number of likely N-dealkylation sites (tertiary alicyclic amines) is 1. The van der Waals surface area contributed by atoms with Gasteiger partial charge in [0.25, 0.3) is 0 Å². The second-order valence-corrected chi connectivity index (χ2v) is 6.34. The fourth-order valence-corrected chi connectivity index (χ4v) is 3.26. The Morgan fingerprint density at radius 2 is 2.23 bits per heavy atom. The molecule has 1 aromatic heterocycles. The molecule has 1 aliphatic heterocycles. The van der Waals surface area contributed by atoms with Crippen molar-refractivity contribution in [2.45, 2.75) is 25.4 Å². The van der Waals surface area contributed by atoms with Gasteiger partial charge in [0.05, 0.1) is 11.8 Å². The van der Waals surface area contributed by atoms with Gasteiger partial charge in [-0.1, -0.05) is 30.3 Å². The maximum absolute atomic E-state index is 12.2. The first-order valence-corrected chi connectivity index (χ1v) is 8.31. The lowest BCUT2D eigenvalue weighted by Crippen LogP contribution is -2.44. The second kappa shape index (κ2) is 6.89. The number of amides is 2. The van der Waals surface area contributed by atoms with Crippen LogP contribution in [-0.2, 0) is 6.42 Å². The highest BCUT2D eigenvalue weighted by Crippen LogP contribution is 2.19. The van der Waals surface area contributed by atoms with Crippen molar-refractivity contribution in [1.82, 2.24) is 9.88 Å². The maximum atomic E-state index is 12.2. The van der Waals surface area contributed by atoms with Crippen LogP contribution in [0.25, 0.3) is 0 Å². The van der Waals surface area contributed by atoms with Crippen LogP contribution >= 0.6 is 11.3 Å². The number of thiazole rings is 1. The summed E-state index contributed by atoms with van der Waals surface area (Å²) in [6.07, 6.45) is 1.95. The number of nitrogens with one attached hydrogen (secondary N) is 1. The number of urea groups is 1. The topological polar surface area (TPSA) is 65.5 Å². The predicted octanol–water partition coefficient (Wildman–Crippen LogP) is 2.72. The van der Waals surface area contributed by atoms with Crippen LogP contribution in [0, 0.1) is 0 Å². The number of β-amino-alcohol motifs (C(OH)–C–C–N with tert-alkyl or cyclic N) is 1. The van der Waals surface area contributed by atoms with E-state index in [1.165, 1.54) is 16.9 Å². The van der Waals surface area contributed by atoms with Gasteiger partial charge in [0.2, 0.25) is 0 Å². The Kier molecular flexibility index (Phi) is 4.70. The number of aromatic nitrogens is 1. The third kappa shape index (κ3) is 3.84. The van der Waals surface area contributed by atoms with E-state index in [9.17, 15) is 9.90 Å². The minimum atomic E-state index is -0.413. The summed E-state index contributed by atoms with van der Waals surface area (Å²) in [6.45, 7) is 1.08. The molecule has 6 heteroatoms. The molecule has 1 atom stereocenters. The van der Waals surface area contributed by atoms with Gasteiger partial charge in [-0.15, -0.1) is 11.3 Å². The highest BCUT2D eigenvalue weighted by atomic mass is 32.1. The van der Waals surface area contributed by atoms with Crippen LogP contribution in [0.4, 0.5) is 9.93 Å². The van der Waals surface area contributed by atoms with Gasteiger partial charge in [-0.05, 0) is 18.4 Å². The minimum Gasteiger partial charge on any atom is -0.391 e. The van der Waals surface area contributed by atoms with Crippen molar-refractivity contribution in [3.05, 3.63) is 47.0 Å². The fourth-order valence-electron chi connectivity index (χ4n) is 2.56. The molecule has 1 aliphatic rings. The number of carbonyl (C=O) groups excluding carboxylic acids is 1. The normalized spacial score (nSPS) is 18.2. The monoisotopic (exact) mass is 317 g/mol. The van der Waals surface area contributed by atoms with Gasteiger partial charge in [-0.2, -0.15) is 0 Å². The fraction of sp³-hybridized carbons (Fsp3) is 0.375. The molecule has 1 fully saturated rings. The van der Waals surface area contributed by atoms with E-state index < -0.39 is 6.10 Å². The molecule has 1 saturated heterocycles. The van der Waals surface area contributed by atoms with Crippen molar-refractivity contribution in [1.29, 1.82) is 0 Å². The Balaban J connectivity index is 1.58. The van der Waals surface area contributed by atoms with Gasteiger partial charge >= 0.3 is 6.03 Å². The minimum absolute atomic E-state index is 0.181. The van der Waals surface area contributed by atoms with Crippen LogP contribution in [0.5, 0.6) is 0 Å². The number of benzene rings is 1. The number of hydrogen-bond donors (Lipinski definition) is 2. The molecular weight excluding hydrogens is 298 g/mol. The lowest BCUT2D eigenvalue weighted by Gasteiger charge is -2.29. The highest BCUT2D eigenvalue weighted by molar-refractivity contribution is 7.13. The predicted molar refractivity (Wildman–Crippen MR) is 87.2 cm³/mol. The smallest absolute Gasteiger partial charge is 0.323 e. The molecule has 0 radical (unpaired) electrons. The van der Waals surface area contributed by atoms with Crippen molar-refractivity contribution in [2.24, 2.45) is 0 Å². The van der Waals surface area contributed by atoms with Gasteiger partial charge in [0.15, 0.2) is 5.13 Å². The third-order valence-electron chi connectivity index (χ3n) is 3.68. The number of nitrogens with zero attached hydrogens (tertiary/aromatic N) is 2. The van der Waals surface area contributed by atoms with Crippen LogP contribution in [0.1, 0.15) is 24.1 Å². The van der Waals surface area contributed by atoms with Gasteiger partial charge < -0.3 is 10.0 Å². The number of rotatable bonds is 3. The van der Waals surface area contributed by atoms with E-state index in [4.69, 9.17) is 0 Å². The van der Waals surface area contributed by atoms with E-state index in [1.807, 2.05) is 23.6 Å². The molecule has 2 N–H and O–H groups in total. The third-order valence-corrected chi connectivity index (χ3v) is 4.48. The van der Waals surface area contributed by atoms with E-state index in [-0.39, 0.29) is 6.03 Å². The van der Waals surface area contributed by atoms with Crippen LogP contribution in [0.2, 0.25) is 0 Å². The SMILES string of the molecule is O=C(Nc1nc(Cc2ccccc2)cs1)N1CCC[C@@H](O)C1. The lowest BCUT2D eigenvalue weighted by molar-refractivity contribution is 0.0883. The standard InChI is InChI=1S/C16H19N3O2S/c20-14-7-4-8-19(10-14)16(21)18-15-17-13(11-22-15)9-12-5-2-1-3-6-12/h1-3,5-6,11,14,20H,4,7-10H2,(H,17,18,21)/t14-/m1/s1. The summed E-state index contributed by atoms with van der Waals surface area (Å²) in [4.78, 5) is 18.3. The summed E-state index contributed by atoms with van der Waals surface area (Å²) in [5.74, 6) is 0. The molecule has 116 valence electrons. The first kappa shape index (κ1) is 15.0. The summed E-state index contributed by atoms with van der Waals surface area (Å²) in [7, 11) is 0. The van der Waals surface area contributed by atoms with Crippen molar-refractivity contribution in [3.63, 3.8) is 0 Å². The number of anilines is 1. The van der Waals surface area contributed by atoms with Crippen LogP contribution in [0.3, 0.4) is 0 Å². The Labute approximate surface area is 133 Å². The molecule has 0 aliphatic carbocycles. The molecule has 0 bridgehead atoms. The highest BCUT2D eigenvalue weighted by Gasteiger charge is 2.22. The van der Waals surface area contributed by atoms with Crippen molar-refractivity contribution >= 4 is 22.5 Å². The molecule has 2 heterocycles. The molecule has 5 nitrogen and oxygen atoms in total. The Morgan fingerprint density at radius 3 is 3.00 bits per heavy atom. The molecule has 22 heavy (non-hydrogen) atoms. The molecule has 3 rings (SSSR count). The largest absolute Gasteiger partial charge is 0.391 e. The molecule has 0 spiro atoms. The van der Waals surface area contributed by atoms with Crippen molar-refractivity contribution < 1.29 is 9.90 Å². The average Bonchev–Trinajstić information content (AvgIpc) is 2.95. The van der Waals surface area contributed by atoms with E-state index in [0.717, 1.165) is 25.0 Å². The zero-order chi connectivity index (χ0) is 15.4. The Morgan fingerprint density at radius 1 is 1.41 bits per heavy atom. The second-order valence-electron chi connectivity index (χ2n) is 5.48. The Bertz CT molecular complexity index is 629. The number of aliphatic hydroxyl groups excluding tert-OH is 1. The van der Waals surface area contributed by atoms with Gasteiger partial charge in [0.1, 0.15) is 0 Å². The van der Waals surface area contributed by atoms with E-state index in [2.05, 4.69) is 22.4 Å². The van der Waals surface area contributed by atoms with Gasteiger partial charge in [-0.3, -0.25) is 5.32 Å². The summed E-state index contributed by atoms with van der Waals surface area (Å²) in [5, 5.41) is 15.0. The average molecular weight is 317 g/mol. The number of aliphatic hydroxyl groups is 1. The zero-order valence-corrected chi connectivity index (χ0v) is 13.1. The molecule has 0 saturated carbocycles. The van der Waals surface area contributed by atoms with Gasteiger partial charge in [-0.25, -0.2) is 9.78 Å². The van der Waals surface area contributed by atoms with Crippen LogP contribution in [0.15, 0.2) is 35.7 Å². The van der Waals surface area contributed by atoms with Crippen LogP contribution in [-0.4, -0.2) is 40.2 Å². The summed E-state index contributed by atoms with van der Waals surface area (Å²) < 4.78 is 0. The first-order chi connectivity index (χ1) is 10.7. The lowest BCUT2D eigenvalue weighted by atomic mass is 10.1. The first-order valence-electron chi connectivity index (χ1n) is 7.43. The van der Waals surface area contributed by atoms with Crippen molar-refractivity contribution in [3.8, 4) is 0 Å².